The first-order valence-corrected chi connectivity index (χ1v) is 18.2. The number of hydrogen-bond donors (Lipinski definition) is 1. The maximum absolute atomic E-state index is 10.3. The van der Waals surface area contributed by atoms with E-state index in [1.54, 1.807) is 0 Å². The highest BCUT2D eigenvalue weighted by molar-refractivity contribution is 6.99. The third-order valence-corrected chi connectivity index (χ3v) is 17.3. The van der Waals surface area contributed by atoms with E-state index in [1.165, 1.54) is 10.4 Å². The predicted octanol–water partition coefficient (Wildman–Crippen LogP) is 7.32. The Morgan fingerprint density at radius 2 is 1.16 bits per heavy atom. The molecule has 200 valence electrons. The highest BCUT2D eigenvalue weighted by atomic mass is 28.4. The molecule has 3 rings (SSSR count). The van der Waals surface area contributed by atoms with Crippen molar-refractivity contribution < 1.29 is 14.0 Å². The van der Waals surface area contributed by atoms with Crippen LogP contribution in [0.3, 0.4) is 0 Å². The lowest BCUT2D eigenvalue weighted by atomic mass is 9.98. The van der Waals surface area contributed by atoms with Gasteiger partial charge in [0, 0.05) is 12.5 Å². The minimum atomic E-state index is -2.79. The van der Waals surface area contributed by atoms with Crippen LogP contribution in [0.4, 0.5) is 0 Å². The summed E-state index contributed by atoms with van der Waals surface area (Å²) in [6, 6.07) is 29.8. The topological polar surface area (TPSA) is 38.7 Å². The Morgan fingerprint density at radius 3 is 1.54 bits per heavy atom. The van der Waals surface area contributed by atoms with Crippen LogP contribution in [0.1, 0.15) is 60.1 Å². The normalized spacial score (nSPS) is 14.8. The molecule has 1 N–H and O–H groups in total. The summed E-state index contributed by atoms with van der Waals surface area (Å²) in [4.78, 5) is 0. The monoisotopic (exact) mass is 534 g/mol. The van der Waals surface area contributed by atoms with Crippen LogP contribution in [0, 0.1) is 5.92 Å². The van der Waals surface area contributed by atoms with Gasteiger partial charge in [0.2, 0.25) is 8.32 Å². The molecule has 0 radical (unpaired) electrons. The van der Waals surface area contributed by atoms with Crippen molar-refractivity contribution in [2.45, 2.75) is 77.7 Å². The summed E-state index contributed by atoms with van der Waals surface area (Å²) in [6.07, 6.45) is -0.266. The molecule has 0 saturated carbocycles. The van der Waals surface area contributed by atoms with E-state index in [0.717, 1.165) is 11.3 Å². The fraction of sp³-hybridized carbons (Fsp3) is 0.438. The van der Waals surface area contributed by atoms with Crippen LogP contribution in [-0.2, 0) is 4.43 Å². The highest BCUT2D eigenvalue weighted by Gasteiger charge is 2.52. The van der Waals surface area contributed by atoms with Gasteiger partial charge in [-0.05, 0) is 51.2 Å². The standard InChI is InChI=1S/C32H46O3Si2/c1-25(24-33)30(26-20-22-27(23-21-26)34-36(8,9)31(2,3)4)35-37(32(5,6)7,28-16-12-10-13-17-28)29-18-14-11-15-19-29/h10-23,25,30,33H,24H2,1-9H3/t25-,30-/m0/s1. The van der Waals surface area contributed by atoms with Crippen molar-refractivity contribution in [2.24, 2.45) is 5.92 Å². The second-order valence-electron chi connectivity index (χ2n) is 12.8. The number of rotatable bonds is 9. The van der Waals surface area contributed by atoms with Gasteiger partial charge in [0.1, 0.15) is 5.75 Å². The summed E-state index contributed by atoms with van der Waals surface area (Å²) < 4.78 is 14.0. The maximum atomic E-state index is 10.3. The minimum absolute atomic E-state index is 0.0467. The summed E-state index contributed by atoms with van der Waals surface area (Å²) in [5, 5.41) is 12.8. The number of hydrogen-bond acceptors (Lipinski definition) is 3. The van der Waals surface area contributed by atoms with E-state index in [0.29, 0.717) is 0 Å². The van der Waals surface area contributed by atoms with E-state index in [4.69, 9.17) is 8.85 Å². The Labute approximate surface area is 227 Å². The lowest BCUT2D eigenvalue weighted by molar-refractivity contribution is 0.0885. The molecular formula is C32H46O3Si2. The molecule has 0 unspecified atom stereocenters. The van der Waals surface area contributed by atoms with Crippen LogP contribution in [0.5, 0.6) is 5.75 Å². The molecule has 0 aromatic heterocycles. The van der Waals surface area contributed by atoms with Crippen molar-refractivity contribution in [2.75, 3.05) is 6.61 Å². The average molecular weight is 535 g/mol. The molecule has 37 heavy (non-hydrogen) atoms. The zero-order valence-corrected chi connectivity index (χ0v) is 26.2. The fourth-order valence-electron chi connectivity index (χ4n) is 4.66. The van der Waals surface area contributed by atoms with Crippen LogP contribution >= 0.6 is 0 Å². The van der Waals surface area contributed by atoms with Gasteiger partial charge in [-0.15, -0.1) is 0 Å². The van der Waals surface area contributed by atoms with E-state index in [-0.39, 0.29) is 28.7 Å². The van der Waals surface area contributed by atoms with E-state index in [9.17, 15) is 5.11 Å². The quantitative estimate of drug-likeness (QED) is 0.292. The second-order valence-corrected chi connectivity index (χ2v) is 21.8. The summed E-state index contributed by atoms with van der Waals surface area (Å²) >= 11 is 0. The molecule has 0 aliphatic heterocycles. The van der Waals surface area contributed by atoms with Gasteiger partial charge in [-0.25, -0.2) is 0 Å². The van der Waals surface area contributed by atoms with Gasteiger partial charge in [0.15, 0.2) is 0 Å². The van der Waals surface area contributed by atoms with Gasteiger partial charge < -0.3 is 14.0 Å². The molecule has 3 nitrogen and oxygen atoms in total. The van der Waals surface area contributed by atoms with Gasteiger partial charge in [0.05, 0.1) is 6.10 Å². The molecule has 3 aromatic rings. The van der Waals surface area contributed by atoms with Gasteiger partial charge in [0.25, 0.3) is 8.32 Å². The molecule has 0 bridgehead atoms. The molecule has 2 atom stereocenters. The smallest absolute Gasteiger partial charge is 0.261 e. The molecule has 0 saturated heterocycles. The predicted molar refractivity (Wildman–Crippen MR) is 162 cm³/mol. The highest BCUT2D eigenvalue weighted by Crippen LogP contribution is 2.42. The lowest BCUT2D eigenvalue weighted by Crippen LogP contribution is -2.67. The Morgan fingerprint density at radius 1 is 0.703 bits per heavy atom. The summed E-state index contributed by atoms with van der Waals surface area (Å²) in [5.41, 5.74) is 1.07. The van der Waals surface area contributed by atoms with Crippen LogP contribution in [0.15, 0.2) is 84.9 Å². The number of aliphatic hydroxyl groups excluding tert-OH is 1. The largest absolute Gasteiger partial charge is 0.544 e. The van der Waals surface area contributed by atoms with E-state index in [2.05, 4.69) is 146 Å². The van der Waals surface area contributed by atoms with Crippen molar-refractivity contribution in [3.05, 3.63) is 90.5 Å². The number of benzene rings is 3. The van der Waals surface area contributed by atoms with E-state index >= 15 is 0 Å². The molecule has 5 heteroatoms. The first kappa shape index (κ1) is 29.4. The maximum Gasteiger partial charge on any atom is 0.261 e. The molecule has 0 spiro atoms. The van der Waals surface area contributed by atoms with Crippen molar-refractivity contribution in [3.8, 4) is 5.75 Å². The number of aliphatic hydroxyl groups is 1. The average Bonchev–Trinajstić information content (AvgIpc) is 2.84. The van der Waals surface area contributed by atoms with Crippen molar-refractivity contribution in [3.63, 3.8) is 0 Å². The zero-order chi connectivity index (χ0) is 27.5. The fourth-order valence-corrected chi connectivity index (χ4v) is 10.5. The summed E-state index contributed by atoms with van der Waals surface area (Å²) in [5.74, 6) is 0.824. The van der Waals surface area contributed by atoms with Crippen molar-refractivity contribution in [1.82, 2.24) is 0 Å². The van der Waals surface area contributed by atoms with Crippen molar-refractivity contribution in [1.29, 1.82) is 0 Å². The minimum Gasteiger partial charge on any atom is -0.544 e. The molecule has 0 aliphatic carbocycles. The van der Waals surface area contributed by atoms with Crippen LogP contribution in [-0.4, -0.2) is 28.3 Å². The first-order valence-electron chi connectivity index (χ1n) is 13.4. The molecule has 3 aromatic carbocycles. The molecule has 0 aliphatic rings. The Balaban J connectivity index is 2.11. The SMILES string of the molecule is C[C@@H](CO)[C@H](O[Si](c1ccccc1)(c1ccccc1)C(C)(C)C)c1ccc(O[Si](C)(C)C(C)(C)C)cc1. The molecule has 0 heterocycles. The van der Waals surface area contributed by atoms with E-state index < -0.39 is 16.6 Å². The van der Waals surface area contributed by atoms with Gasteiger partial charge in [-0.2, -0.15) is 0 Å². The van der Waals surface area contributed by atoms with E-state index in [1.807, 2.05) is 0 Å². The first-order chi connectivity index (χ1) is 17.2. The zero-order valence-electron chi connectivity index (χ0n) is 24.2. The summed E-state index contributed by atoms with van der Waals surface area (Å²) in [7, 11) is -4.72. The molecular weight excluding hydrogens is 489 g/mol. The Kier molecular flexibility index (Phi) is 8.95. The molecule has 0 amide bonds. The van der Waals surface area contributed by atoms with Gasteiger partial charge in [-0.3, -0.25) is 0 Å². The summed E-state index contributed by atoms with van der Waals surface area (Å²) in [6.45, 7) is 20.3. The third kappa shape index (κ3) is 6.28. The molecule has 0 fully saturated rings. The van der Waals surface area contributed by atoms with Crippen LogP contribution in [0.25, 0.3) is 0 Å². The lowest BCUT2D eigenvalue weighted by Gasteiger charge is -2.46. The Bertz CT molecular complexity index is 1080. The van der Waals surface area contributed by atoms with Crippen LogP contribution < -0.4 is 14.8 Å². The third-order valence-electron chi connectivity index (χ3n) is 7.91. The van der Waals surface area contributed by atoms with Gasteiger partial charge in [-0.1, -0.05) is 121 Å². The Hall–Kier alpha value is -2.19. The van der Waals surface area contributed by atoms with Crippen LogP contribution in [0.2, 0.25) is 23.2 Å². The van der Waals surface area contributed by atoms with Gasteiger partial charge >= 0.3 is 0 Å². The van der Waals surface area contributed by atoms with Crippen molar-refractivity contribution >= 4 is 27.0 Å². The second kappa shape index (κ2) is 11.3.